The van der Waals surface area contributed by atoms with Crippen molar-refractivity contribution in [3.8, 4) is 0 Å². The molecule has 0 saturated heterocycles. The lowest BCUT2D eigenvalue weighted by atomic mass is 10.1. The van der Waals surface area contributed by atoms with E-state index in [1.807, 2.05) is 11.8 Å². The normalized spacial score (nSPS) is 12.4. The summed E-state index contributed by atoms with van der Waals surface area (Å²) in [5.41, 5.74) is 7.43. The molecule has 3 nitrogen and oxygen atoms in total. The third-order valence-electron chi connectivity index (χ3n) is 5.14. The van der Waals surface area contributed by atoms with Crippen molar-refractivity contribution in [3.63, 3.8) is 0 Å². The molecule has 0 spiro atoms. The molecule has 0 amide bonds. The zero-order chi connectivity index (χ0) is 19.1. The maximum Gasteiger partial charge on any atom is 0.0551 e. The Morgan fingerprint density at radius 2 is 1.26 bits per heavy atom. The molecule has 3 aromatic carbocycles. The molecule has 138 valence electrons. The van der Waals surface area contributed by atoms with Gasteiger partial charge >= 0.3 is 0 Å². The number of benzene rings is 3. The summed E-state index contributed by atoms with van der Waals surface area (Å²) in [4.78, 5) is 9.27. The minimum atomic E-state index is 1.19. The SMILES string of the molecule is Cc1ccc2c(c1)Sc1cc(N(C)c3ccc(N(C)C)cc3)ccc1N2C. The van der Waals surface area contributed by atoms with Gasteiger partial charge in [0.1, 0.15) is 0 Å². The van der Waals surface area contributed by atoms with Crippen molar-refractivity contribution in [1.29, 1.82) is 0 Å². The molecule has 1 aliphatic rings. The van der Waals surface area contributed by atoms with E-state index in [4.69, 9.17) is 0 Å². The van der Waals surface area contributed by atoms with E-state index in [-0.39, 0.29) is 0 Å². The first-order valence-electron chi connectivity index (χ1n) is 9.11. The smallest absolute Gasteiger partial charge is 0.0551 e. The molecule has 4 heteroatoms. The first kappa shape index (κ1) is 17.8. The molecule has 1 aliphatic heterocycles. The van der Waals surface area contributed by atoms with Gasteiger partial charge in [0.2, 0.25) is 0 Å². The maximum absolute atomic E-state index is 2.29. The van der Waals surface area contributed by atoms with Gasteiger partial charge in [-0.25, -0.2) is 0 Å². The molecule has 0 bridgehead atoms. The highest BCUT2D eigenvalue weighted by Crippen LogP contribution is 2.48. The third kappa shape index (κ3) is 3.26. The second-order valence-corrected chi connectivity index (χ2v) is 8.34. The van der Waals surface area contributed by atoms with Crippen molar-refractivity contribution >= 4 is 40.2 Å². The van der Waals surface area contributed by atoms with Gasteiger partial charge in [-0.3, -0.25) is 0 Å². The Kier molecular flexibility index (Phi) is 4.52. The highest BCUT2D eigenvalue weighted by Gasteiger charge is 2.21. The van der Waals surface area contributed by atoms with Crippen LogP contribution < -0.4 is 14.7 Å². The molecular weight excluding hydrogens is 350 g/mol. The predicted octanol–water partition coefficient (Wildman–Crippen LogP) is 6.06. The Labute approximate surface area is 166 Å². The fourth-order valence-electron chi connectivity index (χ4n) is 3.42. The molecular formula is C23H25N3S. The summed E-state index contributed by atoms with van der Waals surface area (Å²) in [7, 11) is 8.41. The molecule has 0 radical (unpaired) electrons. The van der Waals surface area contributed by atoms with Gasteiger partial charge in [-0.05, 0) is 67.1 Å². The summed E-state index contributed by atoms with van der Waals surface area (Å²) in [6, 6.07) is 22.1. The first-order valence-corrected chi connectivity index (χ1v) is 9.93. The summed E-state index contributed by atoms with van der Waals surface area (Å²) < 4.78 is 0. The highest BCUT2D eigenvalue weighted by molar-refractivity contribution is 7.99. The standard InChI is InChI=1S/C23H25N3S/c1-16-6-12-20-22(14-16)27-23-15-19(11-13-21(23)26(20)5)25(4)18-9-7-17(8-10-18)24(2)3/h6-15H,1-5H3. The Balaban J connectivity index is 1.66. The van der Waals surface area contributed by atoms with Gasteiger partial charge in [0.05, 0.1) is 11.4 Å². The van der Waals surface area contributed by atoms with E-state index in [2.05, 4.69) is 110 Å². The van der Waals surface area contributed by atoms with Crippen molar-refractivity contribution < 1.29 is 0 Å². The quantitative estimate of drug-likeness (QED) is 0.550. The van der Waals surface area contributed by atoms with Crippen molar-refractivity contribution in [3.05, 3.63) is 66.2 Å². The third-order valence-corrected chi connectivity index (χ3v) is 6.24. The van der Waals surface area contributed by atoms with Crippen LogP contribution in [-0.2, 0) is 0 Å². The first-order chi connectivity index (χ1) is 12.9. The largest absolute Gasteiger partial charge is 0.378 e. The predicted molar refractivity (Wildman–Crippen MR) is 119 cm³/mol. The Morgan fingerprint density at radius 1 is 0.704 bits per heavy atom. The van der Waals surface area contributed by atoms with E-state index in [0.29, 0.717) is 0 Å². The van der Waals surface area contributed by atoms with Crippen LogP contribution >= 0.6 is 11.8 Å². The van der Waals surface area contributed by atoms with Crippen LogP contribution in [-0.4, -0.2) is 28.2 Å². The van der Waals surface area contributed by atoms with Crippen molar-refractivity contribution in [1.82, 2.24) is 0 Å². The van der Waals surface area contributed by atoms with E-state index in [0.717, 1.165) is 0 Å². The zero-order valence-corrected chi connectivity index (χ0v) is 17.3. The minimum Gasteiger partial charge on any atom is -0.378 e. The molecule has 0 unspecified atom stereocenters. The average molecular weight is 376 g/mol. The lowest BCUT2D eigenvalue weighted by Gasteiger charge is -2.31. The number of hydrogen-bond acceptors (Lipinski definition) is 4. The number of aryl methyl sites for hydroxylation is 1. The van der Waals surface area contributed by atoms with Crippen LogP contribution in [0.1, 0.15) is 5.56 Å². The van der Waals surface area contributed by atoms with Gasteiger partial charge in [-0.1, -0.05) is 17.8 Å². The number of fused-ring (bicyclic) bond motifs is 2. The van der Waals surface area contributed by atoms with E-state index >= 15 is 0 Å². The fraction of sp³-hybridized carbons (Fsp3) is 0.217. The van der Waals surface area contributed by atoms with E-state index in [1.165, 1.54) is 43.8 Å². The van der Waals surface area contributed by atoms with E-state index in [9.17, 15) is 0 Å². The molecule has 0 saturated carbocycles. The lowest BCUT2D eigenvalue weighted by molar-refractivity contribution is 1.10. The number of nitrogens with zero attached hydrogens (tertiary/aromatic N) is 3. The Morgan fingerprint density at radius 3 is 1.93 bits per heavy atom. The van der Waals surface area contributed by atoms with Crippen molar-refractivity contribution in [2.24, 2.45) is 0 Å². The molecule has 0 aliphatic carbocycles. The van der Waals surface area contributed by atoms with Gasteiger partial charge in [0.15, 0.2) is 0 Å². The number of rotatable bonds is 3. The van der Waals surface area contributed by atoms with E-state index < -0.39 is 0 Å². The van der Waals surface area contributed by atoms with Gasteiger partial charge in [0, 0.05) is 55.0 Å². The second kappa shape index (κ2) is 6.86. The van der Waals surface area contributed by atoms with Crippen LogP contribution in [0.25, 0.3) is 0 Å². The zero-order valence-electron chi connectivity index (χ0n) is 16.5. The fourth-order valence-corrected chi connectivity index (χ4v) is 4.70. The summed E-state index contributed by atoms with van der Waals surface area (Å²) >= 11 is 1.86. The number of anilines is 5. The molecule has 27 heavy (non-hydrogen) atoms. The lowest BCUT2D eigenvalue weighted by Crippen LogP contribution is -2.16. The molecule has 4 rings (SSSR count). The van der Waals surface area contributed by atoms with Gasteiger partial charge < -0.3 is 14.7 Å². The molecule has 1 heterocycles. The highest BCUT2D eigenvalue weighted by atomic mass is 32.2. The monoisotopic (exact) mass is 375 g/mol. The van der Waals surface area contributed by atoms with Crippen LogP contribution in [0.2, 0.25) is 0 Å². The van der Waals surface area contributed by atoms with Gasteiger partial charge in [-0.2, -0.15) is 0 Å². The molecule has 3 aromatic rings. The van der Waals surface area contributed by atoms with Crippen LogP contribution in [0.15, 0.2) is 70.5 Å². The molecule has 0 N–H and O–H groups in total. The summed E-state index contributed by atoms with van der Waals surface area (Å²) in [5.74, 6) is 0. The second-order valence-electron chi connectivity index (χ2n) is 7.25. The van der Waals surface area contributed by atoms with Crippen LogP contribution in [0.4, 0.5) is 28.4 Å². The Hall–Kier alpha value is -2.59. The topological polar surface area (TPSA) is 9.72 Å². The van der Waals surface area contributed by atoms with Gasteiger partial charge in [0.25, 0.3) is 0 Å². The van der Waals surface area contributed by atoms with Crippen LogP contribution in [0, 0.1) is 6.92 Å². The molecule has 0 aromatic heterocycles. The molecule has 0 atom stereocenters. The number of hydrogen-bond donors (Lipinski definition) is 0. The summed E-state index contributed by atoms with van der Waals surface area (Å²) in [5, 5.41) is 0. The minimum absolute atomic E-state index is 1.19. The van der Waals surface area contributed by atoms with Crippen LogP contribution in [0.3, 0.4) is 0 Å². The molecule has 0 fully saturated rings. The maximum atomic E-state index is 2.29. The summed E-state index contributed by atoms with van der Waals surface area (Å²) in [6.45, 7) is 2.15. The van der Waals surface area contributed by atoms with Crippen molar-refractivity contribution in [2.75, 3.05) is 42.9 Å². The average Bonchev–Trinajstić information content (AvgIpc) is 2.67. The van der Waals surface area contributed by atoms with Gasteiger partial charge in [-0.15, -0.1) is 0 Å². The summed E-state index contributed by atoms with van der Waals surface area (Å²) in [6.07, 6.45) is 0. The van der Waals surface area contributed by atoms with Crippen LogP contribution in [0.5, 0.6) is 0 Å². The van der Waals surface area contributed by atoms with Crippen molar-refractivity contribution in [2.45, 2.75) is 16.7 Å². The Bertz CT molecular complexity index is 979. The van der Waals surface area contributed by atoms with E-state index in [1.54, 1.807) is 0 Å².